The van der Waals surface area contributed by atoms with Crippen LogP contribution in [0, 0.1) is 0 Å². The maximum absolute atomic E-state index is 9.22. The van der Waals surface area contributed by atoms with Crippen LogP contribution in [0.3, 0.4) is 0 Å². The van der Waals surface area contributed by atoms with Gasteiger partial charge < -0.3 is 15.5 Å². The Balaban J connectivity index is 2.28. The lowest BCUT2D eigenvalue weighted by Gasteiger charge is -2.34. The van der Waals surface area contributed by atoms with Crippen LogP contribution in [0.15, 0.2) is 0 Å². The van der Waals surface area contributed by atoms with Crippen LogP contribution in [-0.4, -0.2) is 60.0 Å². The third-order valence-electron chi connectivity index (χ3n) is 2.29. The Kier molecular flexibility index (Phi) is 3.94. The van der Waals surface area contributed by atoms with Crippen LogP contribution in [0.25, 0.3) is 0 Å². The molecule has 0 saturated carbocycles. The van der Waals surface area contributed by atoms with E-state index < -0.39 is 6.10 Å². The van der Waals surface area contributed by atoms with E-state index in [-0.39, 0.29) is 6.61 Å². The van der Waals surface area contributed by atoms with Crippen LogP contribution in [-0.2, 0) is 0 Å². The third-order valence-corrected chi connectivity index (χ3v) is 2.29. The second kappa shape index (κ2) is 4.77. The molecule has 4 nitrogen and oxygen atoms in total. The Hall–Kier alpha value is -0.160. The van der Waals surface area contributed by atoms with Crippen molar-refractivity contribution in [3.63, 3.8) is 0 Å². The molecule has 0 unspecified atom stereocenters. The van der Waals surface area contributed by atoms with E-state index in [1.165, 1.54) is 0 Å². The van der Waals surface area contributed by atoms with Crippen molar-refractivity contribution in [3.05, 3.63) is 0 Å². The molecule has 0 radical (unpaired) electrons. The van der Waals surface area contributed by atoms with E-state index in [0.717, 1.165) is 19.6 Å². The second-order valence-electron chi connectivity index (χ2n) is 3.38. The normalized spacial score (nSPS) is 28.8. The smallest absolute Gasteiger partial charge is 0.0897 e. The highest BCUT2D eigenvalue weighted by Crippen LogP contribution is 2.02. The van der Waals surface area contributed by atoms with E-state index in [4.69, 9.17) is 5.11 Å². The second-order valence-corrected chi connectivity index (χ2v) is 3.38. The average molecular weight is 174 g/mol. The molecule has 0 bridgehead atoms. The number of β-amino-alcohol motifs (C(OH)–C–C–N with tert-alkyl or cyclic N) is 1. The van der Waals surface area contributed by atoms with Crippen molar-refractivity contribution >= 4 is 0 Å². The predicted octanol–water partition coefficient (Wildman–Crippen LogP) is -1.37. The number of hydrogen-bond acceptors (Lipinski definition) is 4. The number of aliphatic hydroxyl groups excluding tert-OH is 2. The molecule has 1 aliphatic heterocycles. The van der Waals surface area contributed by atoms with Gasteiger partial charge in [0.2, 0.25) is 0 Å². The van der Waals surface area contributed by atoms with E-state index in [2.05, 4.69) is 17.1 Å². The SMILES string of the molecule is C[C@H]1CNCCN1C[C@H](O)CO. The van der Waals surface area contributed by atoms with E-state index in [1.807, 2.05) is 0 Å². The van der Waals surface area contributed by atoms with Crippen molar-refractivity contribution in [2.24, 2.45) is 0 Å². The molecule has 12 heavy (non-hydrogen) atoms. The first kappa shape index (κ1) is 9.92. The topological polar surface area (TPSA) is 55.7 Å². The van der Waals surface area contributed by atoms with Gasteiger partial charge in [0.25, 0.3) is 0 Å². The molecule has 1 heterocycles. The van der Waals surface area contributed by atoms with Crippen LogP contribution < -0.4 is 5.32 Å². The molecule has 0 spiro atoms. The quantitative estimate of drug-likeness (QED) is 0.494. The van der Waals surface area contributed by atoms with Gasteiger partial charge in [-0.2, -0.15) is 0 Å². The maximum atomic E-state index is 9.22. The zero-order valence-electron chi connectivity index (χ0n) is 7.53. The maximum Gasteiger partial charge on any atom is 0.0897 e. The highest BCUT2D eigenvalue weighted by molar-refractivity contribution is 4.77. The van der Waals surface area contributed by atoms with Crippen LogP contribution in [0.2, 0.25) is 0 Å². The lowest BCUT2D eigenvalue weighted by molar-refractivity contribution is 0.0406. The summed E-state index contributed by atoms with van der Waals surface area (Å²) in [6.07, 6.45) is -0.592. The average Bonchev–Trinajstić information content (AvgIpc) is 2.09. The summed E-state index contributed by atoms with van der Waals surface area (Å²) in [5.41, 5.74) is 0. The first-order chi connectivity index (χ1) is 5.74. The first-order valence-corrected chi connectivity index (χ1v) is 4.47. The zero-order valence-corrected chi connectivity index (χ0v) is 7.53. The molecular weight excluding hydrogens is 156 g/mol. The van der Waals surface area contributed by atoms with E-state index in [0.29, 0.717) is 12.6 Å². The molecule has 2 atom stereocenters. The molecule has 0 aromatic carbocycles. The first-order valence-electron chi connectivity index (χ1n) is 4.47. The molecule has 4 heteroatoms. The van der Waals surface area contributed by atoms with Crippen molar-refractivity contribution in [2.45, 2.75) is 19.1 Å². The van der Waals surface area contributed by atoms with Gasteiger partial charge in [0, 0.05) is 32.2 Å². The Morgan fingerprint density at radius 3 is 3.00 bits per heavy atom. The molecule has 1 fully saturated rings. The van der Waals surface area contributed by atoms with E-state index in [1.54, 1.807) is 0 Å². The summed E-state index contributed by atoms with van der Waals surface area (Å²) in [7, 11) is 0. The third kappa shape index (κ3) is 2.71. The Morgan fingerprint density at radius 2 is 2.42 bits per heavy atom. The summed E-state index contributed by atoms with van der Waals surface area (Å²) in [6.45, 7) is 5.46. The van der Waals surface area contributed by atoms with Crippen molar-refractivity contribution in [2.75, 3.05) is 32.8 Å². The lowest BCUT2D eigenvalue weighted by Crippen LogP contribution is -2.52. The molecule has 0 aromatic heterocycles. The fourth-order valence-electron chi connectivity index (χ4n) is 1.48. The summed E-state index contributed by atoms with van der Waals surface area (Å²) in [5.74, 6) is 0. The Labute approximate surface area is 73.2 Å². The number of rotatable bonds is 3. The van der Waals surface area contributed by atoms with E-state index >= 15 is 0 Å². The zero-order chi connectivity index (χ0) is 8.97. The van der Waals surface area contributed by atoms with Crippen LogP contribution in [0.1, 0.15) is 6.92 Å². The van der Waals surface area contributed by atoms with Crippen molar-refractivity contribution in [3.8, 4) is 0 Å². The highest BCUT2D eigenvalue weighted by atomic mass is 16.3. The van der Waals surface area contributed by atoms with Gasteiger partial charge in [-0.3, -0.25) is 4.90 Å². The number of piperazine rings is 1. The molecule has 1 saturated heterocycles. The largest absolute Gasteiger partial charge is 0.394 e. The van der Waals surface area contributed by atoms with E-state index in [9.17, 15) is 5.11 Å². The van der Waals surface area contributed by atoms with Gasteiger partial charge in [0.1, 0.15) is 0 Å². The fourth-order valence-corrected chi connectivity index (χ4v) is 1.48. The minimum Gasteiger partial charge on any atom is -0.394 e. The van der Waals surface area contributed by atoms with Crippen molar-refractivity contribution in [1.29, 1.82) is 0 Å². The molecule has 1 rings (SSSR count). The number of nitrogens with zero attached hydrogens (tertiary/aromatic N) is 1. The monoisotopic (exact) mass is 174 g/mol. The molecule has 0 aromatic rings. The molecule has 3 N–H and O–H groups in total. The summed E-state index contributed by atoms with van der Waals surface area (Å²) >= 11 is 0. The van der Waals surface area contributed by atoms with Gasteiger partial charge in [-0.15, -0.1) is 0 Å². The number of nitrogens with one attached hydrogen (secondary N) is 1. The number of hydrogen-bond donors (Lipinski definition) is 3. The molecule has 0 amide bonds. The van der Waals surface area contributed by atoms with Gasteiger partial charge in [-0.05, 0) is 6.92 Å². The van der Waals surface area contributed by atoms with Gasteiger partial charge in [0.05, 0.1) is 12.7 Å². The lowest BCUT2D eigenvalue weighted by atomic mass is 10.2. The van der Waals surface area contributed by atoms with Gasteiger partial charge in [-0.25, -0.2) is 0 Å². The van der Waals surface area contributed by atoms with Crippen LogP contribution >= 0.6 is 0 Å². The Morgan fingerprint density at radius 1 is 1.67 bits per heavy atom. The molecule has 72 valence electrons. The van der Waals surface area contributed by atoms with Crippen molar-refractivity contribution in [1.82, 2.24) is 10.2 Å². The summed E-state index contributed by atoms with van der Waals surface area (Å²) in [4.78, 5) is 2.19. The number of aliphatic hydroxyl groups is 2. The summed E-state index contributed by atoms with van der Waals surface area (Å²) in [6, 6.07) is 0.458. The molecule has 0 aliphatic carbocycles. The highest BCUT2D eigenvalue weighted by Gasteiger charge is 2.19. The summed E-state index contributed by atoms with van der Waals surface area (Å²) < 4.78 is 0. The molecule has 1 aliphatic rings. The fraction of sp³-hybridized carbons (Fsp3) is 1.00. The minimum atomic E-state index is -0.592. The predicted molar refractivity (Wildman–Crippen MR) is 47.0 cm³/mol. The standard InChI is InChI=1S/C8H18N2O2/c1-7-4-9-2-3-10(7)5-8(12)6-11/h7-9,11-12H,2-6H2,1H3/t7-,8-/m0/s1. The van der Waals surface area contributed by atoms with Crippen molar-refractivity contribution < 1.29 is 10.2 Å². The van der Waals surface area contributed by atoms with Crippen LogP contribution in [0.5, 0.6) is 0 Å². The van der Waals surface area contributed by atoms with Gasteiger partial charge >= 0.3 is 0 Å². The molecular formula is C8H18N2O2. The van der Waals surface area contributed by atoms with Gasteiger partial charge in [-0.1, -0.05) is 0 Å². The Bertz CT molecular complexity index is 132. The van der Waals surface area contributed by atoms with Gasteiger partial charge in [0.15, 0.2) is 0 Å². The minimum absolute atomic E-state index is 0.142. The summed E-state index contributed by atoms with van der Waals surface area (Å²) in [5, 5.41) is 21.1. The van der Waals surface area contributed by atoms with Crippen LogP contribution in [0.4, 0.5) is 0 Å².